The molecule has 0 fully saturated rings. The van der Waals surface area contributed by atoms with Gasteiger partial charge in [-0.25, -0.2) is 0 Å². The van der Waals surface area contributed by atoms with Gasteiger partial charge in [0.1, 0.15) is 0 Å². The highest BCUT2D eigenvalue weighted by atomic mass is 16.2. The van der Waals surface area contributed by atoms with Crippen LogP contribution in [0.1, 0.15) is 61.0 Å². The van der Waals surface area contributed by atoms with Gasteiger partial charge in [-0.1, -0.05) is 31.9 Å². The molecular formula is C18H25NO2. The van der Waals surface area contributed by atoms with E-state index in [1.54, 1.807) is 6.92 Å². The van der Waals surface area contributed by atoms with Crippen LogP contribution in [-0.4, -0.2) is 29.7 Å². The SMILES string of the molecule is CCCCCC(=O)c1ccc2c(c1)CC(N(C)C(C)=O)C2. The van der Waals surface area contributed by atoms with Gasteiger partial charge in [0.25, 0.3) is 0 Å². The van der Waals surface area contributed by atoms with Crippen molar-refractivity contribution in [2.45, 2.75) is 58.4 Å². The highest BCUT2D eigenvalue weighted by Gasteiger charge is 2.26. The fourth-order valence-electron chi connectivity index (χ4n) is 2.98. The summed E-state index contributed by atoms with van der Waals surface area (Å²) in [6.07, 6.45) is 5.63. The van der Waals surface area contributed by atoms with E-state index in [2.05, 4.69) is 13.0 Å². The number of amides is 1. The number of nitrogens with zero attached hydrogens (tertiary/aromatic N) is 1. The van der Waals surface area contributed by atoms with Gasteiger partial charge < -0.3 is 4.90 Å². The van der Waals surface area contributed by atoms with Crippen LogP contribution in [0.4, 0.5) is 0 Å². The van der Waals surface area contributed by atoms with E-state index in [9.17, 15) is 9.59 Å². The summed E-state index contributed by atoms with van der Waals surface area (Å²) in [5.41, 5.74) is 3.34. The third kappa shape index (κ3) is 3.72. The molecule has 1 aliphatic rings. The fraction of sp³-hybridized carbons (Fsp3) is 0.556. The van der Waals surface area contributed by atoms with Crippen molar-refractivity contribution in [1.82, 2.24) is 4.90 Å². The molecule has 1 aromatic rings. The molecule has 1 unspecified atom stereocenters. The summed E-state index contributed by atoms with van der Waals surface area (Å²) in [5.74, 6) is 0.346. The summed E-state index contributed by atoms with van der Waals surface area (Å²) in [7, 11) is 1.86. The third-order valence-corrected chi connectivity index (χ3v) is 4.49. The first kappa shape index (κ1) is 15.7. The average molecular weight is 287 g/mol. The molecule has 0 saturated carbocycles. The van der Waals surface area contributed by atoms with E-state index < -0.39 is 0 Å². The van der Waals surface area contributed by atoms with E-state index >= 15 is 0 Å². The van der Waals surface area contributed by atoms with Crippen molar-refractivity contribution in [2.24, 2.45) is 0 Å². The Morgan fingerprint density at radius 2 is 1.90 bits per heavy atom. The van der Waals surface area contributed by atoms with Gasteiger partial charge in [-0.05, 0) is 36.5 Å². The number of Topliss-reactive ketones (excluding diaryl/α,β-unsaturated/α-hetero) is 1. The highest BCUT2D eigenvalue weighted by molar-refractivity contribution is 5.96. The lowest BCUT2D eigenvalue weighted by Crippen LogP contribution is -2.35. The summed E-state index contributed by atoms with van der Waals surface area (Å²) in [6.45, 7) is 3.75. The van der Waals surface area contributed by atoms with Crippen LogP contribution in [0, 0.1) is 0 Å². The molecule has 0 radical (unpaired) electrons. The number of benzene rings is 1. The first-order valence-electron chi connectivity index (χ1n) is 7.91. The molecule has 0 saturated heterocycles. The monoisotopic (exact) mass is 287 g/mol. The molecule has 1 atom stereocenters. The van der Waals surface area contributed by atoms with Gasteiger partial charge in [-0.15, -0.1) is 0 Å². The fourth-order valence-corrected chi connectivity index (χ4v) is 2.98. The number of hydrogen-bond acceptors (Lipinski definition) is 2. The highest BCUT2D eigenvalue weighted by Crippen LogP contribution is 2.26. The molecule has 114 valence electrons. The number of fused-ring (bicyclic) bond motifs is 1. The second-order valence-electron chi connectivity index (χ2n) is 6.06. The van der Waals surface area contributed by atoms with Crippen molar-refractivity contribution in [1.29, 1.82) is 0 Å². The molecule has 1 amide bonds. The average Bonchev–Trinajstić information content (AvgIpc) is 2.89. The smallest absolute Gasteiger partial charge is 0.219 e. The third-order valence-electron chi connectivity index (χ3n) is 4.49. The molecule has 0 aliphatic heterocycles. The van der Waals surface area contributed by atoms with Gasteiger partial charge in [0.15, 0.2) is 5.78 Å². The van der Waals surface area contributed by atoms with Crippen LogP contribution in [-0.2, 0) is 17.6 Å². The zero-order chi connectivity index (χ0) is 15.4. The Hall–Kier alpha value is -1.64. The van der Waals surface area contributed by atoms with E-state index in [1.807, 2.05) is 24.1 Å². The molecule has 21 heavy (non-hydrogen) atoms. The molecule has 0 bridgehead atoms. The number of unbranched alkanes of at least 4 members (excludes halogenated alkanes) is 2. The van der Waals surface area contributed by atoms with Crippen LogP contribution < -0.4 is 0 Å². The molecule has 3 heteroatoms. The van der Waals surface area contributed by atoms with Crippen LogP contribution in [0.2, 0.25) is 0 Å². The Bertz CT molecular complexity index is 536. The largest absolute Gasteiger partial charge is 0.342 e. The topological polar surface area (TPSA) is 37.4 Å². The van der Waals surface area contributed by atoms with Gasteiger partial charge in [0.2, 0.25) is 5.91 Å². The maximum atomic E-state index is 12.2. The minimum Gasteiger partial charge on any atom is -0.342 e. The van der Waals surface area contributed by atoms with E-state index in [0.29, 0.717) is 6.42 Å². The van der Waals surface area contributed by atoms with Crippen LogP contribution in [0.15, 0.2) is 18.2 Å². The number of carbonyl (C=O) groups excluding carboxylic acids is 2. The Morgan fingerprint density at radius 3 is 2.57 bits per heavy atom. The van der Waals surface area contributed by atoms with Crippen molar-refractivity contribution in [3.63, 3.8) is 0 Å². The van der Waals surface area contributed by atoms with Gasteiger partial charge in [0, 0.05) is 32.0 Å². The second kappa shape index (κ2) is 6.88. The minimum atomic E-state index is 0.101. The van der Waals surface area contributed by atoms with Gasteiger partial charge in [0.05, 0.1) is 0 Å². The molecule has 1 aliphatic carbocycles. The first-order chi connectivity index (χ1) is 10.0. The quantitative estimate of drug-likeness (QED) is 0.594. The lowest BCUT2D eigenvalue weighted by Gasteiger charge is -2.22. The summed E-state index contributed by atoms with van der Waals surface area (Å²) in [5, 5.41) is 0. The molecule has 0 spiro atoms. The lowest BCUT2D eigenvalue weighted by atomic mass is 10.0. The Kier molecular flexibility index (Phi) is 5.16. The summed E-state index contributed by atoms with van der Waals surface area (Å²) < 4.78 is 0. The van der Waals surface area contributed by atoms with E-state index in [4.69, 9.17) is 0 Å². The maximum Gasteiger partial charge on any atom is 0.219 e. The Morgan fingerprint density at radius 1 is 1.19 bits per heavy atom. The van der Waals surface area contributed by atoms with E-state index in [-0.39, 0.29) is 17.7 Å². The number of ketones is 1. The van der Waals surface area contributed by atoms with Crippen molar-refractivity contribution in [3.05, 3.63) is 34.9 Å². The van der Waals surface area contributed by atoms with Crippen LogP contribution >= 0.6 is 0 Å². The zero-order valence-electron chi connectivity index (χ0n) is 13.3. The van der Waals surface area contributed by atoms with Crippen molar-refractivity contribution < 1.29 is 9.59 Å². The summed E-state index contributed by atoms with van der Waals surface area (Å²) >= 11 is 0. The number of carbonyl (C=O) groups is 2. The van der Waals surface area contributed by atoms with Gasteiger partial charge in [-0.3, -0.25) is 9.59 Å². The Balaban J connectivity index is 2.04. The Labute approximate surface area is 127 Å². The minimum absolute atomic E-state index is 0.101. The van der Waals surface area contributed by atoms with Crippen LogP contribution in [0.3, 0.4) is 0 Å². The van der Waals surface area contributed by atoms with Crippen LogP contribution in [0.5, 0.6) is 0 Å². The second-order valence-corrected chi connectivity index (χ2v) is 6.06. The van der Waals surface area contributed by atoms with E-state index in [0.717, 1.165) is 37.7 Å². The molecule has 3 nitrogen and oxygen atoms in total. The molecule has 1 aromatic carbocycles. The van der Waals surface area contributed by atoms with Crippen molar-refractivity contribution in [2.75, 3.05) is 7.05 Å². The first-order valence-corrected chi connectivity index (χ1v) is 7.91. The molecule has 0 N–H and O–H groups in total. The van der Waals surface area contributed by atoms with Crippen molar-refractivity contribution >= 4 is 11.7 Å². The lowest BCUT2D eigenvalue weighted by molar-refractivity contribution is -0.129. The molecule has 0 heterocycles. The molecule has 0 aromatic heterocycles. The van der Waals surface area contributed by atoms with Gasteiger partial charge in [-0.2, -0.15) is 0 Å². The predicted octanol–water partition coefficient (Wildman–Crippen LogP) is 3.40. The predicted molar refractivity (Wildman–Crippen MR) is 84.6 cm³/mol. The zero-order valence-corrected chi connectivity index (χ0v) is 13.3. The van der Waals surface area contributed by atoms with Gasteiger partial charge >= 0.3 is 0 Å². The maximum absolute atomic E-state index is 12.2. The summed E-state index contributed by atoms with van der Waals surface area (Å²) in [4.78, 5) is 25.5. The standard InChI is InChI=1S/C18H25NO2/c1-4-5-6-7-18(21)15-9-8-14-11-17(12-16(14)10-15)19(3)13(2)20/h8-10,17H,4-7,11-12H2,1-3H3. The van der Waals surface area contributed by atoms with Crippen LogP contribution in [0.25, 0.3) is 0 Å². The number of hydrogen-bond donors (Lipinski definition) is 0. The van der Waals surface area contributed by atoms with Crippen molar-refractivity contribution in [3.8, 4) is 0 Å². The normalized spacial score (nSPS) is 16.6. The number of rotatable bonds is 6. The van der Waals surface area contributed by atoms with E-state index in [1.165, 1.54) is 11.1 Å². The molecular weight excluding hydrogens is 262 g/mol. The number of likely N-dealkylation sites (N-methyl/N-ethyl adjacent to an activating group) is 1. The summed E-state index contributed by atoms with van der Waals surface area (Å²) in [6, 6.07) is 6.29. The molecule has 2 rings (SSSR count).